The zero-order chi connectivity index (χ0) is 19.2. The van der Waals surface area contributed by atoms with Crippen LogP contribution in [-0.4, -0.2) is 22.4 Å². The Morgan fingerprint density at radius 1 is 1.04 bits per heavy atom. The quantitative estimate of drug-likeness (QED) is 0.662. The normalized spacial score (nSPS) is 10.5. The number of halogens is 1. The number of rotatable bonds is 6. The minimum Gasteiger partial charge on any atom is -0.350 e. The second-order valence-electron chi connectivity index (χ2n) is 6.29. The largest absolute Gasteiger partial charge is 0.350 e. The maximum Gasteiger partial charge on any atom is 0.270 e. The molecule has 1 amide bonds. The molecule has 0 aliphatic carbocycles. The van der Waals surface area contributed by atoms with Crippen LogP contribution < -0.4 is 10.6 Å². The molecule has 3 rings (SSSR count). The van der Waals surface area contributed by atoms with Crippen LogP contribution >= 0.6 is 11.6 Å². The number of aryl methyl sites for hydroxylation is 2. The van der Waals surface area contributed by atoms with Gasteiger partial charge in [-0.2, -0.15) is 0 Å². The van der Waals surface area contributed by atoms with Gasteiger partial charge in [-0.05, 0) is 55.7 Å². The smallest absolute Gasteiger partial charge is 0.270 e. The van der Waals surface area contributed by atoms with E-state index < -0.39 is 0 Å². The van der Waals surface area contributed by atoms with Gasteiger partial charge in [-0.25, -0.2) is 9.97 Å². The van der Waals surface area contributed by atoms with Gasteiger partial charge in [-0.3, -0.25) is 4.79 Å². The number of anilines is 2. The summed E-state index contributed by atoms with van der Waals surface area (Å²) >= 11 is 5.88. The van der Waals surface area contributed by atoms with Crippen molar-refractivity contribution >= 4 is 29.1 Å². The lowest BCUT2D eigenvalue weighted by Gasteiger charge is -2.10. The summed E-state index contributed by atoms with van der Waals surface area (Å²) in [5.41, 5.74) is 4.17. The number of carbonyl (C=O) groups is 1. The number of hydrogen-bond acceptors (Lipinski definition) is 4. The SMILES string of the molecule is Cc1cc(C(=O)NCCc2ccc(Cl)cc2)nc(Nc2ccccc2C)n1. The first-order valence-corrected chi connectivity index (χ1v) is 9.10. The summed E-state index contributed by atoms with van der Waals surface area (Å²) in [5.74, 6) is 0.189. The van der Waals surface area contributed by atoms with Crippen LogP contribution in [0.15, 0.2) is 54.6 Å². The van der Waals surface area contributed by atoms with E-state index in [0.29, 0.717) is 23.2 Å². The highest BCUT2D eigenvalue weighted by Gasteiger charge is 2.11. The van der Waals surface area contributed by atoms with Gasteiger partial charge in [0.2, 0.25) is 5.95 Å². The van der Waals surface area contributed by atoms with Gasteiger partial charge in [-0.1, -0.05) is 41.9 Å². The molecule has 0 aliphatic rings. The van der Waals surface area contributed by atoms with Gasteiger partial charge in [0.05, 0.1) is 0 Å². The molecule has 2 aromatic carbocycles. The first-order chi connectivity index (χ1) is 13.0. The van der Waals surface area contributed by atoms with Crippen LogP contribution in [-0.2, 0) is 6.42 Å². The minimum atomic E-state index is -0.220. The van der Waals surface area contributed by atoms with Crippen molar-refractivity contribution in [2.45, 2.75) is 20.3 Å². The van der Waals surface area contributed by atoms with Crippen LogP contribution in [0.3, 0.4) is 0 Å². The Labute approximate surface area is 163 Å². The van der Waals surface area contributed by atoms with Crippen LogP contribution in [0.5, 0.6) is 0 Å². The standard InChI is InChI=1S/C21H21ClN4O/c1-14-5-3-4-6-18(14)25-21-24-15(2)13-19(26-21)20(27)23-12-11-16-7-9-17(22)10-8-16/h3-10,13H,11-12H2,1-2H3,(H,23,27)(H,24,25,26). The Kier molecular flexibility index (Phi) is 6.04. The van der Waals surface area contributed by atoms with Crippen LogP contribution in [0.2, 0.25) is 5.02 Å². The summed E-state index contributed by atoms with van der Waals surface area (Å²) in [4.78, 5) is 21.2. The number of benzene rings is 2. The minimum absolute atomic E-state index is 0.220. The van der Waals surface area contributed by atoms with Crippen molar-refractivity contribution < 1.29 is 4.79 Å². The predicted molar refractivity (Wildman–Crippen MR) is 109 cm³/mol. The molecule has 0 atom stereocenters. The zero-order valence-corrected chi connectivity index (χ0v) is 16.0. The van der Waals surface area contributed by atoms with Gasteiger partial charge in [0.1, 0.15) is 5.69 Å². The molecule has 3 aromatic rings. The van der Waals surface area contributed by atoms with E-state index in [2.05, 4.69) is 20.6 Å². The topological polar surface area (TPSA) is 66.9 Å². The summed E-state index contributed by atoms with van der Waals surface area (Å²) in [6.07, 6.45) is 0.724. The fourth-order valence-electron chi connectivity index (χ4n) is 2.64. The highest BCUT2D eigenvalue weighted by molar-refractivity contribution is 6.30. The highest BCUT2D eigenvalue weighted by Crippen LogP contribution is 2.18. The number of para-hydroxylation sites is 1. The lowest BCUT2D eigenvalue weighted by atomic mass is 10.1. The second kappa shape index (κ2) is 8.64. The average molecular weight is 381 g/mol. The number of carbonyl (C=O) groups excluding carboxylic acids is 1. The molecule has 0 radical (unpaired) electrons. The monoisotopic (exact) mass is 380 g/mol. The fraction of sp³-hybridized carbons (Fsp3) is 0.190. The summed E-state index contributed by atoms with van der Waals surface area (Å²) in [6, 6.07) is 17.1. The molecule has 1 aromatic heterocycles. The van der Waals surface area contributed by atoms with E-state index in [1.807, 2.05) is 62.4 Å². The van der Waals surface area contributed by atoms with Crippen molar-refractivity contribution in [3.63, 3.8) is 0 Å². The molecule has 1 heterocycles. The van der Waals surface area contributed by atoms with Gasteiger partial charge in [0.25, 0.3) is 5.91 Å². The molecule has 6 heteroatoms. The predicted octanol–water partition coefficient (Wildman–Crippen LogP) is 4.46. The van der Waals surface area contributed by atoms with E-state index in [9.17, 15) is 4.79 Å². The Hall–Kier alpha value is -2.92. The van der Waals surface area contributed by atoms with E-state index in [-0.39, 0.29) is 5.91 Å². The molecule has 0 unspecified atom stereocenters. The van der Waals surface area contributed by atoms with Crippen LogP contribution in [0, 0.1) is 13.8 Å². The molecule has 138 valence electrons. The Balaban J connectivity index is 1.65. The summed E-state index contributed by atoms with van der Waals surface area (Å²) < 4.78 is 0. The molecular formula is C21H21ClN4O. The highest BCUT2D eigenvalue weighted by atomic mass is 35.5. The third-order valence-corrected chi connectivity index (χ3v) is 4.34. The molecule has 0 saturated carbocycles. The average Bonchev–Trinajstić information content (AvgIpc) is 2.65. The molecule has 0 bridgehead atoms. The summed E-state index contributed by atoms with van der Waals surface area (Å²) in [6.45, 7) is 4.36. The molecule has 2 N–H and O–H groups in total. The Morgan fingerprint density at radius 2 is 1.78 bits per heavy atom. The zero-order valence-electron chi connectivity index (χ0n) is 15.3. The van der Waals surface area contributed by atoms with Crippen molar-refractivity contribution in [3.8, 4) is 0 Å². The first kappa shape index (κ1) is 18.9. The number of amides is 1. The molecular weight excluding hydrogens is 360 g/mol. The number of hydrogen-bond donors (Lipinski definition) is 2. The Morgan fingerprint density at radius 3 is 2.52 bits per heavy atom. The number of nitrogens with zero attached hydrogens (tertiary/aromatic N) is 2. The second-order valence-corrected chi connectivity index (χ2v) is 6.73. The Bertz CT molecular complexity index is 941. The first-order valence-electron chi connectivity index (χ1n) is 8.72. The molecule has 0 saturated heterocycles. The number of nitrogens with one attached hydrogen (secondary N) is 2. The van der Waals surface area contributed by atoms with Crippen LogP contribution in [0.1, 0.15) is 27.3 Å². The van der Waals surface area contributed by atoms with E-state index in [1.54, 1.807) is 6.07 Å². The van der Waals surface area contributed by atoms with Gasteiger partial charge in [-0.15, -0.1) is 0 Å². The van der Waals surface area contributed by atoms with Gasteiger partial charge >= 0.3 is 0 Å². The van der Waals surface area contributed by atoms with Crippen molar-refractivity contribution in [1.29, 1.82) is 0 Å². The van der Waals surface area contributed by atoms with E-state index in [1.165, 1.54) is 0 Å². The molecule has 0 fully saturated rings. The van der Waals surface area contributed by atoms with Gasteiger partial charge in [0, 0.05) is 22.9 Å². The fourth-order valence-corrected chi connectivity index (χ4v) is 2.76. The molecule has 27 heavy (non-hydrogen) atoms. The van der Waals surface area contributed by atoms with Crippen LogP contribution in [0.25, 0.3) is 0 Å². The molecule has 0 aliphatic heterocycles. The van der Waals surface area contributed by atoms with Gasteiger partial charge < -0.3 is 10.6 Å². The number of aromatic nitrogens is 2. The van der Waals surface area contributed by atoms with Crippen molar-refractivity contribution in [2.24, 2.45) is 0 Å². The lowest BCUT2D eigenvalue weighted by Crippen LogP contribution is -2.27. The maximum atomic E-state index is 12.5. The van der Waals surface area contributed by atoms with E-state index in [0.717, 1.165) is 28.9 Å². The third kappa shape index (κ3) is 5.28. The maximum absolute atomic E-state index is 12.5. The summed E-state index contributed by atoms with van der Waals surface area (Å²) in [7, 11) is 0. The van der Waals surface area contributed by atoms with Crippen LogP contribution in [0.4, 0.5) is 11.6 Å². The van der Waals surface area contributed by atoms with Gasteiger partial charge in [0.15, 0.2) is 0 Å². The van der Waals surface area contributed by atoms with E-state index in [4.69, 9.17) is 11.6 Å². The van der Waals surface area contributed by atoms with Crippen molar-refractivity contribution in [3.05, 3.63) is 82.1 Å². The summed E-state index contributed by atoms with van der Waals surface area (Å²) in [5, 5.41) is 6.78. The third-order valence-electron chi connectivity index (χ3n) is 4.09. The van der Waals surface area contributed by atoms with Crippen molar-refractivity contribution in [2.75, 3.05) is 11.9 Å². The molecule has 5 nitrogen and oxygen atoms in total. The van der Waals surface area contributed by atoms with E-state index >= 15 is 0 Å². The lowest BCUT2D eigenvalue weighted by molar-refractivity contribution is 0.0949. The van der Waals surface area contributed by atoms with Crippen molar-refractivity contribution in [1.82, 2.24) is 15.3 Å². The molecule has 0 spiro atoms.